The smallest absolute Gasteiger partial charge is 0.0996 e. The van der Waals surface area contributed by atoms with Gasteiger partial charge in [-0.1, -0.05) is 78.9 Å². The molecule has 4 nitrogen and oxygen atoms in total. The van der Waals surface area contributed by atoms with Crippen LogP contribution < -0.4 is 5.73 Å². The number of nitrogen functional groups attached to an aromatic ring is 1. The maximum absolute atomic E-state index is 6.03. The van der Waals surface area contributed by atoms with E-state index in [4.69, 9.17) is 10.8 Å². The van der Waals surface area contributed by atoms with Crippen LogP contribution >= 0.6 is 0 Å². The van der Waals surface area contributed by atoms with Gasteiger partial charge in [0.25, 0.3) is 0 Å². The Hall–Kier alpha value is -3.92. The van der Waals surface area contributed by atoms with E-state index < -0.39 is 0 Å². The van der Waals surface area contributed by atoms with E-state index >= 15 is 0 Å². The normalized spacial score (nSPS) is 12.9. The van der Waals surface area contributed by atoms with Gasteiger partial charge in [0.1, 0.15) is 0 Å². The second kappa shape index (κ2) is 7.84. The fraction of sp³-hybridized carbons (Fsp3) is 0.0769. The molecule has 1 aromatic heterocycles. The van der Waals surface area contributed by atoms with Gasteiger partial charge in [-0.05, 0) is 28.3 Å². The fourth-order valence-electron chi connectivity index (χ4n) is 3.97. The lowest BCUT2D eigenvalue weighted by molar-refractivity contribution is 0.267. The van der Waals surface area contributed by atoms with E-state index in [1.165, 1.54) is 22.3 Å². The van der Waals surface area contributed by atoms with Gasteiger partial charge in [-0.15, -0.1) is 0 Å². The molecule has 0 saturated heterocycles. The van der Waals surface area contributed by atoms with Crippen molar-refractivity contribution in [3.63, 3.8) is 0 Å². The van der Waals surface area contributed by atoms with Gasteiger partial charge in [0.15, 0.2) is 0 Å². The summed E-state index contributed by atoms with van der Waals surface area (Å²) in [4.78, 5) is 4.30. The molecule has 0 spiro atoms. The summed E-state index contributed by atoms with van der Waals surface area (Å²) in [5.74, 6) is 0. The Balaban J connectivity index is 1.65. The molecule has 0 bridgehead atoms. The Bertz CT molecular complexity index is 1200. The molecule has 4 heteroatoms. The highest BCUT2D eigenvalue weighted by atomic mass is 15.5. The quantitative estimate of drug-likeness (QED) is 0.527. The Morgan fingerprint density at radius 3 is 2.27 bits per heavy atom. The van der Waals surface area contributed by atoms with Crippen LogP contribution in [0.25, 0.3) is 11.1 Å². The predicted octanol–water partition coefficient (Wildman–Crippen LogP) is 5.10. The summed E-state index contributed by atoms with van der Waals surface area (Å²) in [6, 6.07) is 29.3. The molecule has 0 amide bonds. The van der Waals surface area contributed by atoms with E-state index in [1.807, 2.05) is 24.4 Å². The van der Waals surface area contributed by atoms with Gasteiger partial charge in [-0.3, -0.25) is 9.99 Å². The van der Waals surface area contributed by atoms with Crippen molar-refractivity contribution in [2.24, 2.45) is 5.10 Å². The summed E-state index contributed by atoms with van der Waals surface area (Å²) in [5.41, 5.74) is 14.6. The molecule has 0 fully saturated rings. The van der Waals surface area contributed by atoms with E-state index in [-0.39, 0.29) is 0 Å². The highest BCUT2D eigenvalue weighted by Crippen LogP contribution is 2.32. The number of hydrazone groups is 1. The lowest BCUT2D eigenvalue weighted by atomic mass is 9.90. The second-order valence-corrected chi connectivity index (χ2v) is 7.46. The van der Waals surface area contributed by atoms with Crippen molar-refractivity contribution >= 4 is 11.4 Å². The van der Waals surface area contributed by atoms with Gasteiger partial charge in [-0.2, -0.15) is 5.10 Å². The van der Waals surface area contributed by atoms with E-state index in [9.17, 15) is 0 Å². The predicted molar refractivity (Wildman–Crippen MR) is 122 cm³/mol. The van der Waals surface area contributed by atoms with Crippen molar-refractivity contribution in [2.45, 2.75) is 13.1 Å². The molecule has 0 saturated carbocycles. The summed E-state index contributed by atoms with van der Waals surface area (Å²) in [6.07, 6.45) is 3.50. The first-order valence-electron chi connectivity index (χ1n) is 10.0. The van der Waals surface area contributed by atoms with Crippen LogP contribution in [0.2, 0.25) is 0 Å². The largest absolute Gasteiger partial charge is 0.397 e. The lowest BCUT2D eigenvalue weighted by Gasteiger charge is -2.29. The minimum Gasteiger partial charge on any atom is -0.397 e. The molecule has 5 rings (SSSR count). The zero-order valence-corrected chi connectivity index (χ0v) is 16.6. The van der Waals surface area contributed by atoms with Gasteiger partial charge in [-0.25, -0.2) is 0 Å². The molecule has 1 aliphatic rings. The molecule has 30 heavy (non-hydrogen) atoms. The van der Waals surface area contributed by atoms with Gasteiger partial charge in [0.2, 0.25) is 0 Å². The average Bonchev–Trinajstić information content (AvgIpc) is 2.79. The minimum absolute atomic E-state index is 0.635. The molecular weight excluding hydrogens is 368 g/mol. The zero-order chi connectivity index (χ0) is 20.3. The van der Waals surface area contributed by atoms with E-state index in [2.05, 4.69) is 76.7 Å². The number of aromatic nitrogens is 1. The molecule has 146 valence electrons. The first kappa shape index (κ1) is 18.1. The number of nitrogens with zero attached hydrogens (tertiary/aromatic N) is 3. The van der Waals surface area contributed by atoms with Crippen molar-refractivity contribution in [1.82, 2.24) is 9.99 Å². The molecule has 2 heterocycles. The molecule has 0 atom stereocenters. The zero-order valence-electron chi connectivity index (χ0n) is 16.6. The number of nitrogens with two attached hydrogens (primary N) is 1. The van der Waals surface area contributed by atoms with Crippen LogP contribution in [-0.2, 0) is 13.1 Å². The Morgan fingerprint density at radius 1 is 0.767 bits per heavy atom. The average molecular weight is 390 g/mol. The molecular formula is C26H22N4. The SMILES string of the molecule is Nc1cncc(C2=NN(Cc3ccccc3)Cc3c2cccc3-c2ccccc2)c1. The number of hydrogen-bond donors (Lipinski definition) is 1. The first-order valence-corrected chi connectivity index (χ1v) is 10.0. The van der Waals surface area contributed by atoms with Crippen LogP contribution in [0.5, 0.6) is 0 Å². The minimum atomic E-state index is 0.635. The van der Waals surface area contributed by atoms with Gasteiger partial charge >= 0.3 is 0 Å². The van der Waals surface area contributed by atoms with Crippen molar-refractivity contribution in [3.8, 4) is 11.1 Å². The van der Waals surface area contributed by atoms with E-state index in [0.29, 0.717) is 5.69 Å². The van der Waals surface area contributed by atoms with Crippen LogP contribution in [0.1, 0.15) is 22.3 Å². The maximum Gasteiger partial charge on any atom is 0.0996 e. The maximum atomic E-state index is 6.03. The van der Waals surface area contributed by atoms with Crippen LogP contribution in [0.4, 0.5) is 5.69 Å². The third-order valence-corrected chi connectivity index (χ3v) is 5.34. The van der Waals surface area contributed by atoms with Crippen LogP contribution in [0.15, 0.2) is 102 Å². The molecule has 0 aliphatic carbocycles. The van der Waals surface area contributed by atoms with Crippen molar-refractivity contribution < 1.29 is 0 Å². The summed E-state index contributed by atoms with van der Waals surface area (Å²) in [5, 5.41) is 7.15. The van der Waals surface area contributed by atoms with Gasteiger partial charge in [0, 0.05) is 23.5 Å². The number of fused-ring (bicyclic) bond motifs is 1. The standard InChI is InChI=1S/C26H22N4/c27-22-14-21(15-28-16-22)26-24-13-7-12-23(20-10-5-2-6-11-20)25(24)18-30(29-26)17-19-8-3-1-4-9-19/h1-16H,17-18,27H2. The van der Waals surface area contributed by atoms with Crippen molar-refractivity contribution in [2.75, 3.05) is 5.73 Å². The lowest BCUT2D eigenvalue weighted by Crippen LogP contribution is -2.27. The topological polar surface area (TPSA) is 54.5 Å². The summed E-state index contributed by atoms with van der Waals surface area (Å²) >= 11 is 0. The number of hydrogen-bond acceptors (Lipinski definition) is 4. The monoisotopic (exact) mass is 390 g/mol. The molecule has 0 unspecified atom stereocenters. The molecule has 3 aromatic carbocycles. The number of rotatable bonds is 4. The number of pyridine rings is 1. The van der Waals surface area contributed by atoms with Crippen LogP contribution in [0, 0.1) is 0 Å². The molecule has 1 aliphatic heterocycles. The Morgan fingerprint density at radius 2 is 1.50 bits per heavy atom. The van der Waals surface area contributed by atoms with Gasteiger partial charge < -0.3 is 5.73 Å². The van der Waals surface area contributed by atoms with Crippen molar-refractivity contribution in [1.29, 1.82) is 0 Å². The van der Waals surface area contributed by atoms with Crippen LogP contribution in [0.3, 0.4) is 0 Å². The van der Waals surface area contributed by atoms with Gasteiger partial charge in [0.05, 0.1) is 24.5 Å². The second-order valence-electron chi connectivity index (χ2n) is 7.46. The van der Waals surface area contributed by atoms with E-state index in [1.54, 1.807) is 6.20 Å². The molecule has 0 radical (unpaired) electrons. The summed E-state index contributed by atoms with van der Waals surface area (Å²) in [6.45, 7) is 1.48. The molecule has 4 aromatic rings. The Kier molecular flexibility index (Phi) is 4.74. The highest BCUT2D eigenvalue weighted by Gasteiger charge is 2.23. The summed E-state index contributed by atoms with van der Waals surface area (Å²) < 4.78 is 0. The van der Waals surface area contributed by atoms with E-state index in [0.717, 1.165) is 29.9 Å². The first-order chi connectivity index (χ1) is 14.8. The third-order valence-electron chi connectivity index (χ3n) is 5.34. The third kappa shape index (κ3) is 3.55. The highest BCUT2D eigenvalue weighted by molar-refractivity contribution is 6.15. The number of anilines is 1. The molecule has 2 N–H and O–H groups in total. The Labute approximate surface area is 176 Å². The van der Waals surface area contributed by atoms with Crippen molar-refractivity contribution in [3.05, 3.63) is 120 Å². The summed E-state index contributed by atoms with van der Waals surface area (Å²) in [7, 11) is 0. The number of benzene rings is 3. The fourth-order valence-corrected chi connectivity index (χ4v) is 3.97. The van der Waals surface area contributed by atoms with Crippen LogP contribution in [-0.4, -0.2) is 15.7 Å².